The highest BCUT2D eigenvalue weighted by Crippen LogP contribution is 2.02. The molecule has 0 bridgehead atoms. The van der Waals surface area contributed by atoms with Gasteiger partial charge in [-0.25, -0.2) is 0 Å². The zero-order chi connectivity index (χ0) is 11.1. The van der Waals surface area contributed by atoms with Crippen molar-refractivity contribution in [3.05, 3.63) is 30.1 Å². The predicted octanol–water partition coefficient (Wildman–Crippen LogP) is 1.29. The first-order chi connectivity index (χ1) is 7.27. The number of aromatic nitrogens is 1. The van der Waals surface area contributed by atoms with Crippen LogP contribution in [0.4, 0.5) is 0 Å². The summed E-state index contributed by atoms with van der Waals surface area (Å²) in [5.41, 5.74) is 6.85. The van der Waals surface area contributed by atoms with Crippen molar-refractivity contribution >= 4 is 0 Å². The average molecular weight is 207 g/mol. The van der Waals surface area contributed by atoms with Crippen LogP contribution in [0.3, 0.4) is 0 Å². The summed E-state index contributed by atoms with van der Waals surface area (Å²) < 4.78 is 0. The van der Waals surface area contributed by atoms with E-state index in [1.807, 2.05) is 18.3 Å². The van der Waals surface area contributed by atoms with Crippen LogP contribution in [0.2, 0.25) is 0 Å². The van der Waals surface area contributed by atoms with Crippen LogP contribution in [-0.2, 0) is 6.42 Å². The van der Waals surface area contributed by atoms with Crippen molar-refractivity contribution in [2.24, 2.45) is 5.73 Å². The van der Waals surface area contributed by atoms with Crippen LogP contribution in [0.1, 0.15) is 19.0 Å². The molecule has 0 aromatic carbocycles. The summed E-state index contributed by atoms with van der Waals surface area (Å²) in [6, 6.07) is 6.54. The number of nitrogens with zero attached hydrogens (tertiary/aromatic N) is 2. The van der Waals surface area contributed by atoms with Crippen molar-refractivity contribution < 1.29 is 0 Å². The summed E-state index contributed by atoms with van der Waals surface area (Å²) in [6.45, 7) is 3.93. The minimum absolute atomic E-state index is 0.494. The molecule has 84 valence electrons. The number of nitrogens with two attached hydrogens (primary N) is 1. The molecule has 0 aliphatic heterocycles. The maximum atomic E-state index is 5.70. The summed E-state index contributed by atoms with van der Waals surface area (Å²) >= 11 is 0. The van der Waals surface area contributed by atoms with Crippen molar-refractivity contribution in [2.45, 2.75) is 25.8 Å². The minimum atomic E-state index is 0.494. The first-order valence-corrected chi connectivity index (χ1v) is 5.58. The highest BCUT2D eigenvalue weighted by atomic mass is 15.1. The van der Waals surface area contributed by atoms with Crippen molar-refractivity contribution in [3.8, 4) is 0 Å². The van der Waals surface area contributed by atoms with Gasteiger partial charge in [-0.05, 0) is 25.6 Å². The van der Waals surface area contributed by atoms with Gasteiger partial charge in [-0.15, -0.1) is 0 Å². The van der Waals surface area contributed by atoms with Gasteiger partial charge in [0.25, 0.3) is 0 Å². The van der Waals surface area contributed by atoms with Crippen LogP contribution >= 0.6 is 0 Å². The Balaban J connectivity index is 2.36. The fourth-order valence-electron chi connectivity index (χ4n) is 1.68. The molecule has 0 spiro atoms. The zero-order valence-corrected chi connectivity index (χ0v) is 9.69. The van der Waals surface area contributed by atoms with E-state index in [1.165, 1.54) is 0 Å². The van der Waals surface area contributed by atoms with Gasteiger partial charge < -0.3 is 10.6 Å². The molecule has 0 saturated carbocycles. The standard InChI is InChI=1S/C12H21N3/c1-3-12(10-13)15(2)9-7-11-6-4-5-8-14-11/h4-6,8,12H,3,7,9-10,13H2,1-2H3. The highest BCUT2D eigenvalue weighted by Gasteiger charge is 2.09. The first-order valence-electron chi connectivity index (χ1n) is 5.58. The van der Waals surface area contributed by atoms with Crippen molar-refractivity contribution in [3.63, 3.8) is 0 Å². The third-order valence-corrected chi connectivity index (χ3v) is 2.81. The summed E-state index contributed by atoms with van der Waals surface area (Å²) in [4.78, 5) is 6.62. The van der Waals surface area contributed by atoms with E-state index in [4.69, 9.17) is 5.73 Å². The maximum absolute atomic E-state index is 5.70. The Morgan fingerprint density at radius 2 is 2.27 bits per heavy atom. The molecule has 1 atom stereocenters. The molecule has 1 heterocycles. The van der Waals surface area contributed by atoms with E-state index >= 15 is 0 Å². The Kier molecular flexibility index (Phi) is 5.29. The molecule has 1 aromatic rings. The van der Waals surface area contributed by atoms with E-state index < -0.39 is 0 Å². The van der Waals surface area contributed by atoms with Gasteiger partial charge in [0.15, 0.2) is 0 Å². The van der Waals surface area contributed by atoms with E-state index in [2.05, 4.69) is 29.9 Å². The molecule has 3 nitrogen and oxygen atoms in total. The largest absolute Gasteiger partial charge is 0.329 e. The fourth-order valence-corrected chi connectivity index (χ4v) is 1.68. The molecule has 0 fully saturated rings. The van der Waals surface area contributed by atoms with Gasteiger partial charge >= 0.3 is 0 Å². The van der Waals surface area contributed by atoms with Crippen LogP contribution in [0.25, 0.3) is 0 Å². The summed E-state index contributed by atoms with van der Waals surface area (Å²) in [7, 11) is 2.13. The number of pyridine rings is 1. The van der Waals surface area contributed by atoms with Gasteiger partial charge in [0.05, 0.1) is 0 Å². The van der Waals surface area contributed by atoms with Gasteiger partial charge in [0, 0.05) is 37.4 Å². The molecule has 15 heavy (non-hydrogen) atoms. The Labute approximate surface area is 92.3 Å². The quantitative estimate of drug-likeness (QED) is 0.764. The topological polar surface area (TPSA) is 42.1 Å². The molecular weight excluding hydrogens is 186 g/mol. The van der Waals surface area contributed by atoms with E-state index in [1.54, 1.807) is 0 Å². The number of likely N-dealkylation sites (N-methyl/N-ethyl adjacent to an activating group) is 1. The minimum Gasteiger partial charge on any atom is -0.329 e. The van der Waals surface area contributed by atoms with Crippen LogP contribution in [-0.4, -0.2) is 36.1 Å². The van der Waals surface area contributed by atoms with Crippen LogP contribution in [0.15, 0.2) is 24.4 Å². The molecule has 1 aromatic heterocycles. The van der Waals surface area contributed by atoms with Gasteiger partial charge in [0.1, 0.15) is 0 Å². The SMILES string of the molecule is CCC(CN)N(C)CCc1ccccn1. The van der Waals surface area contributed by atoms with Gasteiger partial charge in [-0.1, -0.05) is 13.0 Å². The summed E-state index contributed by atoms with van der Waals surface area (Å²) in [6.07, 6.45) is 3.94. The molecule has 1 rings (SSSR count). The number of rotatable bonds is 6. The van der Waals surface area contributed by atoms with E-state index in [0.717, 1.165) is 31.6 Å². The molecule has 0 radical (unpaired) electrons. The number of hydrogen-bond acceptors (Lipinski definition) is 3. The second-order valence-electron chi connectivity index (χ2n) is 3.85. The smallest absolute Gasteiger partial charge is 0.0416 e. The average Bonchev–Trinajstić information content (AvgIpc) is 2.29. The monoisotopic (exact) mass is 207 g/mol. The van der Waals surface area contributed by atoms with Crippen molar-refractivity contribution in [1.29, 1.82) is 0 Å². The number of hydrogen-bond donors (Lipinski definition) is 1. The maximum Gasteiger partial charge on any atom is 0.0416 e. The molecule has 0 saturated heterocycles. The molecule has 1 unspecified atom stereocenters. The second-order valence-corrected chi connectivity index (χ2v) is 3.85. The molecule has 0 aliphatic carbocycles. The Morgan fingerprint density at radius 3 is 2.80 bits per heavy atom. The lowest BCUT2D eigenvalue weighted by atomic mass is 10.2. The van der Waals surface area contributed by atoms with E-state index in [-0.39, 0.29) is 0 Å². The van der Waals surface area contributed by atoms with Crippen molar-refractivity contribution in [1.82, 2.24) is 9.88 Å². The lowest BCUT2D eigenvalue weighted by Crippen LogP contribution is -2.38. The van der Waals surface area contributed by atoms with Gasteiger partial charge in [-0.2, -0.15) is 0 Å². The molecular formula is C12H21N3. The predicted molar refractivity (Wildman–Crippen MR) is 63.7 cm³/mol. The van der Waals surface area contributed by atoms with E-state index in [0.29, 0.717) is 6.04 Å². The third-order valence-electron chi connectivity index (χ3n) is 2.81. The zero-order valence-electron chi connectivity index (χ0n) is 9.69. The first kappa shape index (κ1) is 12.1. The molecule has 0 aliphatic rings. The molecule has 2 N–H and O–H groups in total. The normalized spacial score (nSPS) is 13.1. The van der Waals surface area contributed by atoms with E-state index in [9.17, 15) is 0 Å². The summed E-state index contributed by atoms with van der Waals surface area (Å²) in [5, 5.41) is 0. The Bertz CT molecular complexity index is 257. The van der Waals surface area contributed by atoms with Gasteiger partial charge in [0.2, 0.25) is 0 Å². The fraction of sp³-hybridized carbons (Fsp3) is 0.583. The van der Waals surface area contributed by atoms with Crippen LogP contribution in [0.5, 0.6) is 0 Å². The van der Waals surface area contributed by atoms with Gasteiger partial charge in [-0.3, -0.25) is 4.98 Å². The second kappa shape index (κ2) is 6.53. The summed E-state index contributed by atoms with van der Waals surface area (Å²) in [5.74, 6) is 0. The third kappa shape index (κ3) is 3.98. The highest BCUT2D eigenvalue weighted by molar-refractivity contribution is 5.03. The molecule has 0 amide bonds. The Morgan fingerprint density at radius 1 is 1.47 bits per heavy atom. The lowest BCUT2D eigenvalue weighted by Gasteiger charge is -2.25. The Hall–Kier alpha value is -0.930. The van der Waals surface area contributed by atoms with Crippen molar-refractivity contribution in [2.75, 3.05) is 20.1 Å². The van der Waals surface area contributed by atoms with Crippen LogP contribution in [0, 0.1) is 0 Å². The lowest BCUT2D eigenvalue weighted by molar-refractivity contribution is 0.243. The van der Waals surface area contributed by atoms with Crippen LogP contribution < -0.4 is 5.73 Å². The molecule has 3 heteroatoms.